The fourth-order valence-electron chi connectivity index (χ4n) is 2.11. The van der Waals surface area contributed by atoms with E-state index in [2.05, 4.69) is 26.2 Å². The van der Waals surface area contributed by atoms with Gasteiger partial charge in [-0.2, -0.15) is 0 Å². The second-order valence-corrected chi connectivity index (χ2v) is 6.71. The minimum atomic E-state index is -0.261. The molecular weight excluding hydrogens is 392 g/mol. The first-order valence-electron chi connectivity index (χ1n) is 7.37. The molecule has 0 aliphatic carbocycles. The molecule has 3 rings (SSSR count). The molecule has 0 saturated heterocycles. The largest absolute Gasteiger partial charge is 0.492 e. The maximum absolute atomic E-state index is 12.1. The number of amides is 1. The minimum Gasteiger partial charge on any atom is -0.492 e. The third-order valence-electron chi connectivity index (χ3n) is 3.12. The highest BCUT2D eigenvalue weighted by molar-refractivity contribution is 9.10. The van der Waals surface area contributed by atoms with E-state index in [4.69, 9.17) is 9.47 Å². The first-order chi connectivity index (χ1) is 11.7. The number of nitrogens with one attached hydrogen (secondary N) is 1. The van der Waals surface area contributed by atoms with Crippen LogP contribution in [0.1, 0.15) is 6.92 Å². The molecule has 2 aromatic carbocycles. The molecule has 1 N–H and O–H groups in total. The van der Waals surface area contributed by atoms with E-state index in [1.807, 2.05) is 43.3 Å². The fourth-order valence-corrected chi connectivity index (χ4v) is 3.41. The van der Waals surface area contributed by atoms with E-state index >= 15 is 0 Å². The van der Waals surface area contributed by atoms with Crippen LogP contribution in [-0.4, -0.2) is 24.1 Å². The van der Waals surface area contributed by atoms with Crippen LogP contribution in [-0.2, 0) is 4.79 Å². The summed E-state index contributed by atoms with van der Waals surface area (Å²) in [6.07, 6.45) is 0. The van der Waals surface area contributed by atoms with Gasteiger partial charge in [0.25, 0.3) is 5.91 Å². The molecule has 24 heavy (non-hydrogen) atoms. The Hall–Kier alpha value is -2.12. The van der Waals surface area contributed by atoms with E-state index in [0.717, 1.165) is 20.4 Å². The zero-order chi connectivity index (χ0) is 16.9. The van der Waals surface area contributed by atoms with Crippen molar-refractivity contribution in [3.63, 3.8) is 0 Å². The van der Waals surface area contributed by atoms with Gasteiger partial charge in [-0.25, -0.2) is 4.98 Å². The van der Waals surface area contributed by atoms with Crippen LogP contribution in [0, 0.1) is 0 Å². The van der Waals surface area contributed by atoms with Crippen molar-refractivity contribution in [2.24, 2.45) is 0 Å². The monoisotopic (exact) mass is 406 g/mol. The van der Waals surface area contributed by atoms with Crippen molar-refractivity contribution >= 4 is 48.5 Å². The Morgan fingerprint density at radius 3 is 2.75 bits per heavy atom. The van der Waals surface area contributed by atoms with Gasteiger partial charge in [-0.05, 0) is 47.1 Å². The predicted octanol–water partition coefficient (Wildman–Crippen LogP) is 4.48. The number of fused-ring (bicyclic) bond motifs is 1. The Kier molecular flexibility index (Phi) is 5.32. The molecule has 1 aromatic heterocycles. The van der Waals surface area contributed by atoms with Gasteiger partial charge in [-0.1, -0.05) is 29.5 Å². The average Bonchev–Trinajstić information content (AvgIpc) is 2.98. The molecule has 1 amide bonds. The Labute approximate surface area is 151 Å². The number of hydrogen-bond acceptors (Lipinski definition) is 5. The van der Waals surface area contributed by atoms with E-state index < -0.39 is 0 Å². The number of carbonyl (C=O) groups excluding carboxylic acids is 1. The topological polar surface area (TPSA) is 60.5 Å². The quantitative estimate of drug-likeness (QED) is 0.655. The average molecular weight is 407 g/mol. The number of ether oxygens (including phenoxy) is 2. The molecule has 0 atom stereocenters. The molecule has 0 radical (unpaired) electrons. The van der Waals surface area contributed by atoms with Crippen LogP contribution in [0.5, 0.6) is 11.5 Å². The molecular formula is C17H15BrN2O3S. The molecule has 124 valence electrons. The highest BCUT2D eigenvalue weighted by Gasteiger charge is 2.12. The number of halogens is 1. The SMILES string of the molecule is CCOc1cccc2sc(NC(=O)COc3ccccc3Br)nc12. The number of carbonyl (C=O) groups is 1. The molecule has 0 unspecified atom stereocenters. The molecule has 0 bridgehead atoms. The van der Waals surface area contributed by atoms with Crippen LogP contribution in [0.25, 0.3) is 10.2 Å². The van der Waals surface area contributed by atoms with E-state index in [1.54, 1.807) is 6.07 Å². The minimum absolute atomic E-state index is 0.0865. The van der Waals surface area contributed by atoms with Gasteiger partial charge in [0, 0.05) is 0 Å². The van der Waals surface area contributed by atoms with Gasteiger partial charge in [-0.15, -0.1) is 0 Å². The van der Waals surface area contributed by atoms with E-state index in [9.17, 15) is 4.79 Å². The summed E-state index contributed by atoms with van der Waals surface area (Å²) in [7, 11) is 0. The van der Waals surface area contributed by atoms with Crippen LogP contribution in [0.2, 0.25) is 0 Å². The van der Waals surface area contributed by atoms with Gasteiger partial charge in [0.2, 0.25) is 0 Å². The predicted molar refractivity (Wildman–Crippen MR) is 99.1 cm³/mol. The van der Waals surface area contributed by atoms with Crippen molar-refractivity contribution in [2.45, 2.75) is 6.92 Å². The Morgan fingerprint density at radius 2 is 1.96 bits per heavy atom. The van der Waals surface area contributed by atoms with Gasteiger partial charge in [-0.3, -0.25) is 10.1 Å². The lowest BCUT2D eigenvalue weighted by molar-refractivity contribution is -0.118. The molecule has 0 saturated carbocycles. The number of nitrogens with zero attached hydrogens (tertiary/aromatic N) is 1. The number of anilines is 1. The number of para-hydroxylation sites is 2. The Balaban J connectivity index is 1.67. The summed E-state index contributed by atoms with van der Waals surface area (Å²) in [6, 6.07) is 13.1. The highest BCUT2D eigenvalue weighted by atomic mass is 79.9. The lowest BCUT2D eigenvalue weighted by Crippen LogP contribution is -2.20. The summed E-state index contributed by atoms with van der Waals surface area (Å²) in [4.78, 5) is 16.5. The standard InChI is InChI=1S/C17H15BrN2O3S/c1-2-22-13-8-5-9-14-16(13)20-17(24-14)19-15(21)10-23-12-7-4-3-6-11(12)18/h3-9H,2,10H2,1H3,(H,19,20,21). The Morgan fingerprint density at radius 1 is 1.17 bits per heavy atom. The van der Waals surface area contributed by atoms with Gasteiger partial charge < -0.3 is 9.47 Å². The molecule has 5 nitrogen and oxygen atoms in total. The molecule has 1 heterocycles. The zero-order valence-electron chi connectivity index (χ0n) is 12.9. The number of hydrogen-bond donors (Lipinski definition) is 1. The lowest BCUT2D eigenvalue weighted by Gasteiger charge is -2.07. The summed E-state index contributed by atoms with van der Waals surface area (Å²) in [5.41, 5.74) is 0.756. The highest BCUT2D eigenvalue weighted by Crippen LogP contribution is 2.32. The molecule has 0 aliphatic rings. The summed E-state index contributed by atoms with van der Waals surface area (Å²) < 4.78 is 12.8. The van der Waals surface area contributed by atoms with E-state index in [-0.39, 0.29) is 12.5 Å². The van der Waals surface area contributed by atoms with E-state index in [1.165, 1.54) is 11.3 Å². The number of aromatic nitrogens is 1. The molecule has 0 fully saturated rings. The molecule has 7 heteroatoms. The third kappa shape index (κ3) is 3.85. The first kappa shape index (κ1) is 16.7. The van der Waals surface area contributed by atoms with Gasteiger partial charge >= 0.3 is 0 Å². The van der Waals surface area contributed by atoms with Crippen molar-refractivity contribution in [1.29, 1.82) is 0 Å². The maximum atomic E-state index is 12.1. The van der Waals surface area contributed by atoms with Crippen LogP contribution in [0.15, 0.2) is 46.9 Å². The summed E-state index contributed by atoms with van der Waals surface area (Å²) >= 11 is 4.78. The maximum Gasteiger partial charge on any atom is 0.264 e. The smallest absolute Gasteiger partial charge is 0.264 e. The van der Waals surface area contributed by atoms with Crippen molar-refractivity contribution in [3.8, 4) is 11.5 Å². The second-order valence-electron chi connectivity index (χ2n) is 4.82. The second kappa shape index (κ2) is 7.63. The van der Waals surface area contributed by atoms with Gasteiger partial charge in [0.15, 0.2) is 11.7 Å². The first-order valence-corrected chi connectivity index (χ1v) is 8.98. The zero-order valence-corrected chi connectivity index (χ0v) is 15.3. The number of benzene rings is 2. The van der Waals surface area contributed by atoms with Crippen LogP contribution in [0.4, 0.5) is 5.13 Å². The lowest BCUT2D eigenvalue weighted by atomic mass is 10.3. The van der Waals surface area contributed by atoms with E-state index in [0.29, 0.717) is 17.5 Å². The third-order valence-corrected chi connectivity index (χ3v) is 4.71. The normalized spacial score (nSPS) is 10.6. The number of rotatable bonds is 6. The van der Waals surface area contributed by atoms with Crippen molar-refractivity contribution in [1.82, 2.24) is 4.98 Å². The summed E-state index contributed by atoms with van der Waals surface area (Å²) in [6.45, 7) is 2.40. The van der Waals surface area contributed by atoms with Crippen LogP contribution < -0.4 is 14.8 Å². The Bertz CT molecular complexity index is 866. The fraction of sp³-hybridized carbons (Fsp3) is 0.176. The summed E-state index contributed by atoms with van der Waals surface area (Å²) in [5, 5.41) is 3.29. The molecule has 0 spiro atoms. The van der Waals surface area contributed by atoms with Crippen molar-refractivity contribution < 1.29 is 14.3 Å². The number of thiazole rings is 1. The van der Waals surface area contributed by atoms with Crippen molar-refractivity contribution in [3.05, 3.63) is 46.9 Å². The van der Waals surface area contributed by atoms with Crippen molar-refractivity contribution in [2.75, 3.05) is 18.5 Å². The molecule has 3 aromatic rings. The van der Waals surface area contributed by atoms with Crippen LogP contribution >= 0.6 is 27.3 Å². The van der Waals surface area contributed by atoms with Crippen LogP contribution in [0.3, 0.4) is 0 Å². The summed E-state index contributed by atoms with van der Waals surface area (Å²) in [5.74, 6) is 1.08. The molecule has 0 aliphatic heterocycles. The van der Waals surface area contributed by atoms with Gasteiger partial charge in [0.05, 0.1) is 15.8 Å². The van der Waals surface area contributed by atoms with Gasteiger partial charge in [0.1, 0.15) is 17.0 Å².